The molecule has 1 rings (SSSR count). The van der Waals surface area contributed by atoms with Gasteiger partial charge in [-0.25, -0.2) is 0 Å². The van der Waals surface area contributed by atoms with Crippen LogP contribution in [0.1, 0.15) is 25.3 Å². The van der Waals surface area contributed by atoms with Crippen LogP contribution in [0.2, 0.25) is 5.02 Å². The van der Waals surface area contributed by atoms with E-state index < -0.39 is 10.2 Å². The minimum atomic E-state index is -4.65. The summed E-state index contributed by atoms with van der Waals surface area (Å²) >= 11 is 5.69. The summed E-state index contributed by atoms with van der Waals surface area (Å²) in [6.07, 6.45) is 0. The molecule has 0 saturated heterocycles. The molecule has 0 aliphatic carbocycles. The largest absolute Gasteiger partial charge is 0.332 e. The van der Waals surface area contributed by atoms with Gasteiger partial charge < -0.3 is 0 Å². The lowest BCUT2D eigenvalue weighted by molar-refractivity contribution is 0.550. The maximum Gasteiger partial charge on any atom is 0.332 e. The Bertz CT molecular complexity index is 440. The third kappa shape index (κ3) is 2.45. The van der Waals surface area contributed by atoms with Gasteiger partial charge >= 0.3 is 10.2 Å². The third-order valence-electron chi connectivity index (χ3n) is 1.86. The van der Waals surface area contributed by atoms with Crippen LogP contribution >= 0.6 is 11.6 Å². The molecule has 1 aromatic rings. The normalized spacial score (nSPS) is 12.1. The van der Waals surface area contributed by atoms with Gasteiger partial charge in [0.15, 0.2) is 0 Å². The second-order valence-corrected chi connectivity index (χ2v) is 5.03. The van der Waals surface area contributed by atoms with Gasteiger partial charge in [0.1, 0.15) is 4.90 Å². The molecule has 0 N–H and O–H groups in total. The van der Waals surface area contributed by atoms with Crippen molar-refractivity contribution in [1.82, 2.24) is 0 Å². The Hall–Kier alpha value is -0.610. The van der Waals surface area contributed by atoms with Crippen molar-refractivity contribution in [3.8, 4) is 0 Å². The Balaban J connectivity index is 3.45. The molecule has 78 valence electrons. The van der Waals surface area contributed by atoms with E-state index in [2.05, 4.69) is 0 Å². The van der Waals surface area contributed by atoms with Crippen molar-refractivity contribution in [3.63, 3.8) is 0 Å². The second kappa shape index (κ2) is 3.87. The molecule has 1 aromatic carbocycles. The van der Waals surface area contributed by atoms with E-state index in [1.807, 2.05) is 0 Å². The van der Waals surface area contributed by atoms with Crippen LogP contribution in [0.5, 0.6) is 0 Å². The van der Waals surface area contributed by atoms with Gasteiger partial charge in [-0.2, -0.15) is 8.42 Å². The molecule has 0 atom stereocenters. The summed E-state index contributed by atoms with van der Waals surface area (Å²) in [5, 5.41) is 0.404. The molecule has 2 nitrogen and oxygen atoms in total. The maximum atomic E-state index is 12.8. The fourth-order valence-electron chi connectivity index (χ4n) is 1.19. The molecule has 0 bridgehead atoms. The van der Waals surface area contributed by atoms with Crippen molar-refractivity contribution in [2.45, 2.75) is 24.7 Å². The molecule has 0 fully saturated rings. The van der Waals surface area contributed by atoms with Crippen molar-refractivity contribution in [2.75, 3.05) is 0 Å². The molecule has 5 heteroatoms. The van der Waals surface area contributed by atoms with Gasteiger partial charge in [-0.1, -0.05) is 25.4 Å². The van der Waals surface area contributed by atoms with Gasteiger partial charge in [0.05, 0.1) is 0 Å². The molecule has 0 radical (unpaired) electrons. The zero-order valence-electron chi connectivity index (χ0n) is 7.79. The van der Waals surface area contributed by atoms with Gasteiger partial charge in [-0.3, -0.25) is 0 Å². The first kappa shape index (κ1) is 11.5. The summed E-state index contributed by atoms with van der Waals surface area (Å²) in [7, 11) is -4.65. The van der Waals surface area contributed by atoms with Crippen molar-refractivity contribution < 1.29 is 12.3 Å². The number of hydrogen-bond donors (Lipinski definition) is 0. The highest BCUT2D eigenvalue weighted by atomic mass is 35.5. The zero-order valence-corrected chi connectivity index (χ0v) is 9.36. The molecule has 0 spiro atoms. The third-order valence-corrected chi connectivity index (χ3v) is 2.99. The number of benzene rings is 1. The summed E-state index contributed by atoms with van der Waals surface area (Å²) in [4.78, 5) is -0.295. The SMILES string of the molecule is CC(C)c1cc(Cl)ccc1S(=O)(=O)F. The Morgan fingerprint density at radius 2 is 1.93 bits per heavy atom. The van der Waals surface area contributed by atoms with Gasteiger partial charge in [0.2, 0.25) is 0 Å². The number of rotatable bonds is 2. The summed E-state index contributed by atoms with van der Waals surface area (Å²) in [5.41, 5.74) is 0.403. The summed E-state index contributed by atoms with van der Waals surface area (Å²) < 4.78 is 34.3. The van der Waals surface area contributed by atoms with E-state index in [1.54, 1.807) is 13.8 Å². The van der Waals surface area contributed by atoms with E-state index in [0.717, 1.165) is 0 Å². The number of hydrogen-bond acceptors (Lipinski definition) is 2. The van der Waals surface area contributed by atoms with Crippen molar-refractivity contribution in [3.05, 3.63) is 28.8 Å². The molecule has 0 aliphatic rings. The van der Waals surface area contributed by atoms with Gasteiger partial charge in [0.25, 0.3) is 0 Å². The van der Waals surface area contributed by atoms with E-state index in [-0.39, 0.29) is 10.8 Å². The lowest BCUT2D eigenvalue weighted by Crippen LogP contribution is -2.00. The quantitative estimate of drug-likeness (QED) is 0.740. The molecule has 0 saturated carbocycles. The highest BCUT2D eigenvalue weighted by molar-refractivity contribution is 7.86. The van der Waals surface area contributed by atoms with Crippen LogP contribution in [0.4, 0.5) is 3.89 Å². The first-order chi connectivity index (χ1) is 6.32. The molecule has 14 heavy (non-hydrogen) atoms. The van der Waals surface area contributed by atoms with Crippen molar-refractivity contribution in [2.24, 2.45) is 0 Å². The monoisotopic (exact) mass is 236 g/mol. The number of halogens is 2. The Morgan fingerprint density at radius 1 is 1.36 bits per heavy atom. The smallest absolute Gasteiger partial charge is 0.189 e. The molecule has 0 aromatic heterocycles. The van der Waals surface area contributed by atoms with Crippen LogP contribution in [-0.2, 0) is 10.2 Å². The lowest BCUT2D eigenvalue weighted by atomic mass is 10.0. The van der Waals surface area contributed by atoms with Gasteiger partial charge in [0, 0.05) is 5.02 Å². The summed E-state index contributed by atoms with van der Waals surface area (Å²) in [6, 6.07) is 4.02. The van der Waals surface area contributed by atoms with Crippen LogP contribution in [0.15, 0.2) is 23.1 Å². The molecule has 0 unspecified atom stereocenters. The Kier molecular flexibility index (Phi) is 3.17. The summed E-state index contributed by atoms with van der Waals surface area (Å²) in [5.74, 6) is -0.0887. The van der Waals surface area contributed by atoms with Crippen LogP contribution < -0.4 is 0 Å². The molecule has 0 aliphatic heterocycles. The van der Waals surface area contributed by atoms with Crippen LogP contribution in [-0.4, -0.2) is 8.42 Å². The van der Waals surface area contributed by atoms with E-state index in [4.69, 9.17) is 11.6 Å². The van der Waals surface area contributed by atoms with E-state index in [1.165, 1.54) is 18.2 Å². The standard InChI is InChI=1S/C9H10ClFO2S/c1-6(2)8-5-7(10)3-4-9(8)14(11,12)13/h3-6H,1-2H3. The average molecular weight is 237 g/mol. The van der Waals surface area contributed by atoms with Crippen LogP contribution in [0.25, 0.3) is 0 Å². The first-order valence-corrected chi connectivity index (χ1v) is 5.82. The first-order valence-electron chi connectivity index (χ1n) is 4.06. The predicted molar refractivity (Wildman–Crippen MR) is 53.8 cm³/mol. The van der Waals surface area contributed by atoms with Gasteiger partial charge in [-0.15, -0.1) is 3.89 Å². The molecular formula is C9H10ClFO2S. The van der Waals surface area contributed by atoms with Crippen molar-refractivity contribution in [1.29, 1.82) is 0 Å². The highest BCUT2D eigenvalue weighted by Crippen LogP contribution is 2.27. The van der Waals surface area contributed by atoms with Gasteiger partial charge in [-0.05, 0) is 29.7 Å². The Morgan fingerprint density at radius 3 is 2.36 bits per heavy atom. The fourth-order valence-corrected chi connectivity index (χ4v) is 2.18. The van der Waals surface area contributed by atoms with Crippen molar-refractivity contribution >= 4 is 21.8 Å². The maximum absolute atomic E-state index is 12.8. The minimum absolute atomic E-state index is 0.0887. The second-order valence-electron chi connectivity index (χ2n) is 3.27. The zero-order chi connectivity index (χ0) is 10.9. The highest BCUT2D eigenvalue weighted by Gasteiger charge is 2.19. The van der Waals surface area contributed by atoms with Crippen LogP contribution in [0, 0.1) is 0 Å². The topological polar surface area (TPSA) is 34.1 Å². The van der Waals surface area contributed by atoms with E-state index in [0.29, 0.717) is 10.6 Å². The molecule has 0 heterocycles. The fraction of sp³-hybridized carbons (Fsp3) is 0.333. The minimum Gasteiger partial charge on any atom is -0.189 e. The average Bonchev–Trinajstić information content (AvgIpc) is 2.01. The molecule has 0 amide bonds. The lowest BCUT2D eigenvalue weighted by Gasteiger charge is -2.09. The van der Waals surface area contributed by atoms with E-state index in [9.17, 15) is 12.3 Å². The predicted octanol–water partition coefficient (Wildman–Crippen LogP) is 3.12. The Labute approximate surface area is 87.9 Å². The van der Waals surface area contributed by atoms with E-state index >= 15 is 0 Å². The molecular weight excluding hydrogens is 227 g/mol. The van der Waals surface area contributed by atoms with Crippen LogP contribution in [0.3, 0.4) is 0 Å². The summed E-state index contributed by atoms with van der Waals surface area (Å²) in [6.45, 7) is 3.56.